The summed E-state index contributed by atoms with van der Waals surface area (Å²) in [7, 11) is -4.19. The number of primary sulfonamides is 1. The number of benzene rings is 1. The highest BCUT2D eigenvalue weighted by atomic mass is 32.2. The summed E-state index contributed by atoms with van der Waals surface area (Å²) in [6, 6.07) is 3.99. The average molecular weight is 359 g/mol. The van der Waals surface area contributed by atoms with Crippen LogP contribution in [-0.2, 0) is 14.8 Å². The van der Waals surface area contributed by atoms with Crippen molar-refractivity contribution in [3.63, 3.8) is 0 Å². The van der Waals surface area contributed by atoms with Gasteiger partial charge in [-0.2, -0.15) is 0 Å². The zero-order valence-electron chi connectivity index (χ0n) is 14.0. The number of sulfonamides is 1. The fourth-order valence-electron chi connectivity index (χ4n) is 2.48. The maximum absolute atomic E-state index is 13.9. The molecule has 0 unspecified atom stereocenters. The molecule has 7 nitrogen and oxygen atoms in total. The van der Waals surface area contributed by atoms with Gasteiger partial charge in [0.2, 0.25) is 10.0 Å². The first-order valence-electron chi connectivity index (χ1n) is 7.53. The first-order chi connectivity index (χ1) is 11.0. The van der Waals surface area contributed by atoms with E-state index in [-0.39, 0.29) is 5.69 Å². The number of hydrogen-bond acceptors (Lipinski definition) is 5. The van der Waals surface area contributed by atoms with Crippen molar-refractivity contribution in [3.05, 3.63) is 24.0 Å². The van der Waals surface area contributed by atoms with Crippen molar-refractivity contribution < 1.29 is 22.3 Å². The molecule has 1 aromatic carbocycles. The summed E-state index contributed by atoms with van der Waals surface area (Å²) < 4.78 is 42.6. The minimum Gasteiger partial charge on any atom is -0.444 e. The van der Waals surface area contributed by atoms with Gasteiger partial charge >= 0.3 is 6.09 Å². The lowest BCUT2D eigenvalue weighted by Crippen LogP contribution is -2.50. The van der Waals surface area contributed by atoms with Gasteiger partial charge in [0.15, 0.2) is 0 Å². The molecule has 1 heterocycles. The molecule has 134 valence electrons. The van der Waals surface area contributed by atoms with Crippen LogP contribution in [0.5, 0.6) is 0 Å². The zero-order chi connectivity index (χ0) is 18.1. The molecule has 0 radical (unpaired) electrons. The van der Waals surface area contributed by atoms with Crippen LogP contribution in [0.15, 0.2) is 23.1 Å². The molecule has 1 amide bonds. The molecule has 0 spiro atoms. The lowest BCUT2D eigenvalue weighted by Gasteiger charge is -2.37. The van der Waals surface area contributed by atoms with Gasteiger partial charge in [0.1, 0.15) is 16.3 Å². The number of rotatable bonds is 2. The van der Waals surface area contributed by atoms with Crippen LogP contribution in [-0.4, -0.2) is 51.2 Å². The van der Waals surface area contributed by atoms with E-state index in [1.165, 1.54) is 17.0 Å². The van der Waals surface area contributed by atoms with Crippen molar-refractivity contribution in [3.8, 4) is 0 Å². The van der Waals surface area contributed by atoms with Crippen LogP contribution >= 0.6 is 0 Å². The number of ether oxygens (including phenoxy) is 1. The number of nitrogens with zero attached hydrogens (tertiary/aromatic N) is 2. The molecule has 1 saturated heterocycles. The summed E-state index contributed by atoms with van der Waals surface area (Å²) in [5.74, 6) is -0.885. The molecule has 24 heavy (non-hydrogen) atoms. The van der Waals surface area contributed by atoms with Crippen molar-refractivity contribution in [2.45, 2.75) is 31.3 Å². The smallest absolute Gasteiger partial charge is 0.410 e. The molecule has 9 heteroatoms. The molecule has 0 atom stereocenters. The van der Waals surface area contributed by atoms with Crippen LogP contribution in [0.2, 0.25) is 0 Å². The molecule has 1 fully saturated rings. The van der Waals surface area contributed by atoms with Crippen molar-refractivity contribution in [2.24, 2.45) is 5.14 Å². The number of carbonyl (C=O) groups excluding carboxylic acids is 1. The molecule has 0 aromatic heterocycles. The summed E-state index contributed by atoms with van der Waals surface area (Å²) in [4.78, 5) is 14.8. The van der Waals surface area contributed by atoms with Gasteiger partial charge in [-0.25, -0.2) is 22.7 Å². The van der Waals surface area contributed by atoms with Crippen LogP contribution in [0.4, 0.5) is 14.9 Å². The topological polar surface area (TPSA) is 92.9 Å². The van der Waals surface area contributed by atoms with Gasteiger partial charge in [-0.05, 0) is 32.9 Å². The van der Waals surface area contributed by atoms with Gasteiger partial charge in [0.25, 0.3) is 0 Å². The predicted molar refractivity (Wildman–Crippen MR) is 87.8 cm³/mol. The highest BCUT2D eigenvalue weighted by molar-refractivity contribution is 7.89. The van der Waals surface area contributed by atoms with Crippen LogP contribution in [0.3, 0.4) is 0 Å². The Bertz CT molecular complexity index is 723. The molecule has 1 aliphatic heterocycles. The maximum atomic E-state index is 13.9. The number of hydrogen-bond donors (Lipinski definition) is 1. The number of amides is 1. The summed E-state index contributed by atoms with van der Waals surface area (Å²) in [6.45, 7) is 6.74. The molecule has 0 aliphatic carbocycles. The van der Waals surface area contributed by atoms with Gasteiger partial charge in [-0.15, -0.1) is 0 Å². The first kappa shape index (κ1) is 18.5. The second-order valence-corrected chi connectivity index (χ2v) is 8.09. The summed E-state index contributed by atoms with van der Waals surface area (Å²) in [5, 5.41) is 5.13. The Kier molecular flexibility index (Phi) is 5.05. The van der Waals surface area contributed by atoms with Gasteiger partial charge in [-0.1, -0.05) is 6.07 Å². The monoisotopic (exact) mass is 359 g/mol. The fourth-order valence-corrected chi connectivity index (χ4v) is 3.31. The SMILES string of the molecule is CC(C)(C)OC(=O)N1CCN(c2cccc(F)c2S(N)(=O)=O)CC1. The third-order valence-corrected chi connectivity index (χ3v) is 4.48. The molecule has 0 saturated carbocycles. The van der Waals surface area contributed by atoms with E-state index in [2.05, 4.69) is 0 Å². The van der Waals surface area contributed by atoms with Gasteiger partial charge in [-0.3, -0.25) is 0 Å². The molecule has 1 aliphatic rings. The molecule has 0 bridgehead atoms. The molecular weight excluding hydrogens is 337 g/mol. The minimum atomic E-state index is -4.19. The van der Waals surface area contributed by atoms with E-state index in [0.29, 0.717) is 26.2 Å². The molecule has 2 rings (SSSR count). The zero-order valence-corrected chi connectivity index (χ0v) is 14.8. The van der Waals surface area contributed by atoms with E-state index in [1.807, 2.05) is 0 Å². The number of halogens is 1. The Hall–Kier alpha value is -1.87. The number of carbonyl (C=O) groups is 1. The Labute approximate surface area is 141 Å². The number of piperazine rings is 1. The molecule has 2 N–H and O–H groups in total. The summed E-state index contributed by atoms with van der Waals surface area (Å²) in [5.41, 5.74) is -0.376. The standard InChI is InChI=1S/C15H22FN3O4S/c1-15(2,3)23-14(20)19-9-7-18(8-10-19)12-6-4-5-11(16)13(12)24(17,21)22/h4-6H,7-10H2,1-3H3,(H2,17,21,22). The van der Waals surface area contributed by atoms with Gasteiger partial charge < -0.3 is 14.5 Å². The van der Waals surface area contributed by atoms with Crippen molar-refractivity contribution in [1.29, 1.82) is 0 Å². The Morgan fingerprint density at radius 1 is 1.21 bits per heavy atom. The van der Waals surface area contributed by atoms with Gasteiger partial charge in [0, 0.05) is 26.2 Å². The second-order valence-electron chi connectivity index (χ2n) is 6.59. The lowest BCUT2D eigenvalue weighted by molar-refractivity contribution is 0.0240. The quantitative estimate of drug-likeness (QED) is 0.864. The predicted octanol–water partition coefficient (Wildman–Crippen LogP) is 1.53. The van der Waals surface area contributed by atoms with Crippen molar-refractivity contribution in [2.75, 3.05) is 31.1 Å². The summed E-state index contributed by atoms with van der Waals surface area (Å²) in [6.07, 6.45) is -0.423. The van der Waals surface area contributed by atoms with E-state index >= 15 is 0 Å². The lowest BCUT2D eigenvalue weighted by atomic mass is 10.2. The average Bonchev–Trinajstić information content (AvgIpc) is 2.44. The Morgan fingerprint density at radius 3 is 2.29 bits per heavy atom. The van der Waals surface area contributed by atoms with E-state index in [4.69, 9.17) is 9.88 Å². The minimum absolute atomic E-state index is 0.210. The largest absolute Gasteiger partial charge is 0.444 e. The highest BCUT2D eigenvalue weighted by Crippen LogP contribution is 2.28. The van der Waals surface area contributed by atoms with E-state index in [9.17, 15) is 17.6 Å². The third-order valence-electron chi connectivity index (χ3n) is 3.50. The normalized spacial score (nSPS) is 16.2. The first-order valence-corrected chi connectivity index (χ1v) is 9.08. The molecule has 1 aromatic rings. The fraction of sp³-hybridized carbons (Fsp3) is 0.533. The van der Waals surface area contributed by atoms with E-state index in [0.717, 1.165) is 6.07 Å². The summed E-state index contributed by atoms with van der Waals surface area (Å²) >= 11 is 0. The maximum Gasteiger partial charge on any atom is 0.410 e. The van der Waals surface area contributed by atoms with Gasteiger partial charge in [0.05, 0.1) is 5.69 Å². The van der Waals surface area contributed by atoms with Crippen LogP contribution < -0.4 is 10.0 Å². The number of nitrogens with two attached hydrogens (primary N) is 1. The van der Waals surface area contributed by atoms with Crippen molar-refractivity contribution >= 4 is 21.8 Å². The Balaban J connectivity index is 2.14. The van der Waals surface area contributed by atoms with E-state index in [1.54, 1.807) is 25.7 Å². The molecular formula is C15H22FN3O4S. The third kappa shape index (κ3) is 4.35. The van der Waals surface area contributed by atoms with Crippen LogP contribution in [0, 0.1) is 5.82 Å². The van der Waals surface area contributed by atoms with Crippen LogP contribution in [0.25, 0.3) is 0 Å². The highest BCUT2D eigenvalue weighted by Gasteiger charge is 2.29. The number of anilines is 1. The van der Waals surface area contributed by atoms with Crippen molar-refractivity contribution in [1.82, 2.24) is 4.90 Å². The van der Waals surface area contributed by atoms with E-state index < -0.39 is 32.4 Å². The second kappa shape index (κ2) is 6.56. The Morgan fingerprint density at radius 2 is 1.79 bits per heavy atom. The van der Waals surface area contributed by atoms with Crippen LogP contribution in [0.1, 0.15) is 20.8 Å².